The second kappa shape index (κ2) is 12.3. The number of hydrogen-bond donors (Lipinski definition) is 1. The third-order valence-corrected chi connectivity index (χ3v) is 8.78. The van der Waals surface area contributed by atoms with E-state index in [1.54, 1.807) is 47.5 Å². The zero-order chi connectivity index (χ0) is 31.7. The van der Waals surface area contributed by atoms with Gasteiger partial charge in [-0.3, -0.25) is 14.4 Å². The predicted octanol–water partition coefficient (Wildman–Crippen LogP) is 5.33. The molecule has 0 aliphatic carbocycles. The van der Waals surface area contributed by atoms with E-state index in [-0.39, 0.29) is 34.9 Å². The van der Waals surface area contributed by atoms with Crippen molar-refractivity contribution < 1.29 is 18.7 Å². The van der Waals surface area contributed by atoms with E-state index in [2.05, 4.69) is 16.0 Å². The molecule has 0 saturated carbocycles. The highest BCUT2D eigenvalue weighted by Crippen LogP contribution is 2.37. The molecule has 2 aliphatic heterocycles. The highest BCUT2D eigenvalue weighted by molar-refractivity contribution is 6.00. The number of halogens is 1. The number of likely N-dealkylation sites (tertiary alicyclic amines) is 1. The van der Waals surface area contributed by atoms with Gasteiger partial charge in [-0.05, 0) is 70.1 Å². The predicted molar refractivity (Wildman–Crippen MR) is 169 cm³/mol. The first-order valence-electron chi connectivity index (χ1n) is 15.0. The van der Waals surface area contributed by atoms with Crippen LogP contribution in [0.15, 0.2) is 72.4 Å². The van der Waals surface area contributed by atoms with Crippen LogP contribution in [0.3, 0.4) is 0 Å². The van der Waals surface area contributed by atoms with Crippen molar-refractivity contribution in [2.24, 2.45) is 0 Å². The number of nitrogens with zero attached hydrogens (tertiary/aromatic N) is 6. The van der Waals surface area contributed by atoms with E-state index in [4.69, 9.17) is 20.3 Å². The molecule has 10 nitrogen and oxygen atoms in total. The number of anilines is 1. The van der Waals surface area contributed by atoms with Gasteiger partial charge in [0.15, 0.2) is 0 Å². The smallest absolute Gasteiger partial charge is 0.264 e. The molecule has 2 aromatic heterocycles. The van der Waals surface area contributed by atoms with Crippen LogP contribution in [0.5, 0.6) is 11.5 Å². The summed E-state index contributed by atoms with van der Waals surface area (Å²) >= 11 is 0. The number of aromatic nitrogens is 3. The number of carbonyl (C=O) groups excluding carboxylic acids is 1. The lowest BCUT2D eigenvalue weighted by Gasteiger charge is -2.43. The summed E-state index contributed by atoms with van der Waals surface area (Å²) < 4.78 is 28.6. The number of para-hydroxylation sites is 1. The van der Waals surface area contributed by atoms with Gasteiger partial charge in [0.1, 0.15) is 40.5 Å². The van der Waals surface area contributed by atoms with Gasteiger partial charge in [0.2, 0.25) is 0 Å². The minimum atomic E-state index is -0.520. The number of amides is 1. The lowest BCUT2D eigenvalue weighted by molar-refractivity contribution is -0.128. The number of nitriles is 1. The van der Waals surface area contributed by atoms with Gasteiger partial charge in [0.25, 0.3) is 5.91 Å². The largest absolute Gasteiger partial charge is 0.457 e. The van der Waals surface area contributed by atoms with Crippen molar-refractivity contribution in [3.63, 3.8) is 0 Å². The number of benzene rings is 2. The van der Waals surface area contributed by atoms with Gasteiger partial charge in [-0.2, -0.15) is 10.4 Å². The fourth-order valence-electron chi connectivity index (χ4n) is 5.98. The Kier molecular flexibility index (Phi) is 8.27. The Morgan fingerprint density at radius 3 is 2.67 bits per heavy atom. The fourth-order valence-corrected chi connectivity index (χ4v) is 5.98. The highest BCUT2D eigenvalue weighted by Gasteiger charge is 2.35. The summed E-state index contributed by atoms with van der Waals surface area (Å²) in [6.45, 7) is 6.11. The number of carbonyl (C=O) groups is 1. The van der Waals surface area contributed by atoms with E-state index in [0.29, 0.717) is 54.4 Å². The van der Waals surface area contributed by atoms with Crippen LogP contribution < -0.4 is 10.5 Å². The normalized spacial score (nSPS) is 17.7. The van der Waals surface area contributed by atoms with Crippen molar-refractivity contribution in [1.29, 1.82) is 5.26 Å². The maximum atomic E-state index is 15.6. The summed E-state index contributed by atoms with van der Waals surface area (Å²) in [6, 6.07) is 17.8. The minimum absolute atomic E-state index is 0.104. The Morgan fingerprint density at radius 2 is 1.98 bits per heavy atom. The summed E-state index contributed by atoms with van der Waals surface area (Å²) in [7, 11) is 1.98. The summed E-state index contributed by atoms with van der Waals surface area (Å²) in [5.41, 5.74) is 7.25. The third kappa shape index (κ3) is 5.99. The molecule has 0 radical (unpaired) electrons. The number of likely N-dealkylation sites (N-methyl/N-ethyl adjacent to an activating group) is 1. The van der Waals surface area contributed by atoms with Gasteiger partial charge in [-0.25, -0.2) is 9.37 Å². The zero-order valence-electron chi connectivity index (χ0n) is 25.6. The molecule has 2 N–H and O–H groups in total. The molecule has 2 aromatic carbocycles. The van der Waals surface area contributed by atoms with Gasteiger partial charge >= 0.3 is 0 Å². The number of piperidine rings is 1. The van der Waals surface area contributed by atoms with E-state index in [1.165, 1.54) is 6.07 Å². The van der Waals surface area contributed by atoms with Crippen LogP contribution in [0.1, 0.15) is 32.7 Å². The zero-order valence-corrected chi connectivity index (χ0v) is 25.6. The average molecular weight is 610 g/mol. The van der Waals surface area contributed by atoms with Crippen molar-refractivity contribution in [2.45, 2.75) is 44.3 Å². The van der Waals surface area contributed by atoms with E-state index >= 15 is 4.39 Å². The molecule has 0 unspecified atom stereocenters. The fraction of sp³-hybridized carbons (Fsp3) is 0.353. The van der Waals surface area contributed by atoms with Gasteiger partial charge in [0.05, 0.1) is 36.2 Å². The summed E-state index contributed by atoms with van der Waals surface area (Å²) in [4.78, 5) is 21.8. The quantitative estimate of drug-likeness (QED) is 0.210. The second-order valence-electron chi connectivity index (χ2n) is 12.1. The van der Waals surface area contributed by atoms with E-state index in [0.717, 1.165) is 12.8 Å². The Balaban J connectivity index is 1.28. The molecule has 1 atom stereocenters. The topological polar surface area (TPSA) is 123 Å². The number of hydrogen-bond acceptors (Lipinski definition) is 8. The van der Waals surface area contributed by atoms with Crippen LogP contribution in [-0.4, -0.2) is 75.4 Å². The first-order chi connectivity index (χ1) is 21.7. The molecule has 1 amide bonds. The molecule has 6 rings (SSSR count). The van der Waals surface area contributed by atoms with Crippen LogP contribution in [0, 0.1) is 17.1 Å². The first kappa shape index (κ1) is 30.2. The average Bonchev–Trinajstić information content (AvgIpc) is 3.40. The number of ether oxygens (including phenoxy) is 2. The van der Waals surface area contributed by atoms with Crippen LogP contribution >= 0.6 is 0 Å². The maximum absolute atomic E-state index is 15.6. The summed E-state index contributed by atoms with van der Waals surface area (Å²) in [6.07, 6.45) is 4.81. The van der Waals surface area contributed by atoms with Crippen molar-refractivity contribution >= 4 is 22.6 Å². The molecule has 2 aliphatic rings. The lowest BCUT2D eigenvalue weighted by atomic mass is 9.96. The van der Waals surface area contributed by atoms with E-state index in [1.807, 2.05) is 43.8 Å². The summed E-state index contributed by atoms with van der Waals surface area (Å²) in [5.74, 6) is 0.368. The van der Waals surface area contributed by atoms with E-state index < -0.39 is 11.4 Å². The van der Waals surface area contributed by atoms with Gasteiger partial charge in [0, 0.05) is 36.5 Å². The minimum Gasteiger partial charge on any atom is -0.457 e. The van der Waals surface area contributed by atoms with Gasteiger partial charge in [-0.1, -0.05) is 18.2 Å². The summed E-state index contributed by atoms with van der Waals surface area (Å²) in [5, 5.41) is 15.4. The number of pyridine rings is 1. The first-order valence-corrected chi connectivity index (χ1v) is 15.0. The number of fused-ring (bicyclic) bond motifs is 1. The van der Waals surface area contributed by atoms with E-state index in [9.17, 15) is 10.1 Å². The van der Waals surface area contributed by atoms with Crippen molar-refractivity contribution in [3.8, 4) is 28.8 Å². The van der Waals surface area contributed by atoms with Crippen molar-refractivity contribution in [3.05, 3.63) is 78.3 Å². The van der Waals surface area contributed by atoms with Gasteiger partial charge in [-0.15, -0.1) is 0 Å². The third-order valence-electron chi connectivity index (χ3n) is 8.78. The molecule has 2 fully saturated rings. The molecule has 0 spiro atoms. The molecule has 11 heteroatoms. The molecule has 0 bridgehead atoms. The van der Waals surface area contributed by atoms with Crippen molar-refractivity contribution in [2.75, 3.05) is 39.1 Å². The van der Waals surface area contributed by atoms with Crippen LogP contribution in [0.25, 0.3) is 22.2 Å². The van der Waals surface area contributed by atoms with Crippen molar-refractivity contribution in [1.82, 2.24) is 24.6 Å². The Hall–Kier alpha value is -4.79. The molecule has 4 heterocycles. The monoisotopic (exact) mass is 609 g/mol. The molecule has 45 heavy (non-hydrogen) atoms. The standard InChI is InChI=1S/C34H36FN7O3/c1-34(2,40(3)24-20-44-21-24)17-22(18-36)33(43)41-15-7-8-23(19-41)42-29-13-14-38-32(37)30(29)31(39-42)27-12-11-26(16-28(27)35)45-25-9-5-4-6-10-25/h4-6,9-14,16-17,23-24H,7-8,15,19-21H2,1-3H3,(H2,37,38)/b22-17-/t23-/m1/s1. The van der Waals surface area contributed by atoms with Gasteiger partial charge < -0.3 is 20.1 Å². The van der Waals surface area contributed by atoms with Crippen LogP contribution in [0.2, 0.25) is 0 Å². The Bertz CT molecular complexity index is 1790. The second-order valence-corrected chi connectivity index (χ2v) is 12.1. The Morgan fingerprint density at radius 1 is 1.20 bits per heavy atom. The molecular formula is C34H36FN7O3. The lowest BCUT2D eigenvalue weighted by Crippen LogP contribution is -2.55. The molecule has 4 aromatic rings. The van der Waals surface area contributed by atoms with Crippen LogP contribution in [0.4, 0.5) is 10.2 Å². The number of nitrogen functional groups attached to an aromatic ring is 1. The maximum Gasteiger partial charge on any atom is 0.264 e. The molecule has 2 saturated heterocycles. The van der Waals surface area contributed by atoms with Crippen LogP contribution in [-0.2, 0) is 9.53 Å². The molecule has 232 valence electrons. The Labute approximate surface area is 261 Å². The SMILES string of the molecule is CN(C1COC1)C(C)(C)/C=C(/C#N)C(=O)N1CCC[C@@H](n2nc(-c3ccc(Oc4ccccc4)cc3F)c3c(N)nccc32)C1. The molecular weight excluding hydrogens is 573 g/mol. The number of rotatable bonds is 8. The number of nitrogens with two attached hydrogens (primary N) is 1. The highest BCUT2D eigenvalue weighted by atomic mass is 19.1.